The van der Waals surface area contributed by atoms with E-state index in [9.17, 15) is 4.79 Å². The van der Waals surface area contributed by atoms with Crippen molar-refractivity contribution in [2.24, 2.45) is 0 Å². The Morgan fingerprint density at radius 2 is 2.12 bits per heavy atom. The number of hydrogen-bond donors (Lipinski definition) is 1. The number of rotatable bonds is 6. The smallest absolute Gasteiger partial charge is 0.318 e. The van der Waals surface area contributed by atoms with E-state index in [1.165, 1.54) is 24.8 Å². The summed E-state index contributed by atoms with van der Waals surface area (Å²) in [5.74, 6) is 0. The Hall–Kier alpha value is -1.11. The number of thiophene rings is 1. The van der Waals surface area contributed by atoms with Gasteiger partial charge in [-0.15, -0.1) is 0 Å². The Morgan fingerprint density at radius 3 is 2.80 bits per heavy atom. The van der Waals surface area contributed by atoms with E-state index in [0.29, 0.717) is 18.6 Å². The quantitative estimate of drug-likeness (QED) is 0.841. The highest BCUT2D eigenvalue weighted by molar-refractivity contribution is 7.07. The fourth-order valence-corrected chi connectivity index (χ4v) is 4.48. The minimum atomic E-state index is 0.0956. The van der Waals surface area contributed by atoms with Crippen LogP contribution in [0.15, 0.2) is 16.8 Å². The van der Waals surface area contributed by atoms with Crippen molar-refractivity contribution >= 4 is 17.4 Å². The molecule has 3 rings (SSSR count). The van der Waals surface area contributed by atoms with Crippen LogP contribution in [0.25, 0.3) is 0 Å². The maximum atomic E-state index is 12.9. The van der Waals surface area contributed by atoms with E-state index in [1.54, 1.807) is 11.3 Å². The average Bonchev–Trinajstić information content (AvgIpc) is 3.18. The molecule has 0 radical (unpaired) electrons. The Balaban J connectivity index is 1.55. The summed E-state index contributed by atoms with van der Waals surface area (Å²) in [6, 6.07) is 2.96. The van der Waals surface area contributed by atoms with Gasteiger partial charge < -0.3 is 15.0 Å². The number of amides is 2. The molecule has 1 aromatic rings. The summed E-state index contributed by atoms with van der Waals surface area (Å²) in [6.07, 6.45) is 6.05. The van der Waals surface area contributed by atoms with E-state index < -0.39 is 0 Å². The molecule has 0 unspecified atom stereocenters. The summed E-state index contributed by atoms with van der Waals surface area (Å²) < 4.78 is 5.42. The second kappa shape index (κ2) is 9.55. The Bertz CT molecular complexity index is 511. The lowest BCUT2D eigenvalue weighted by Gasteiger charge is -2.36. The zero-order valence-corrected chi connectivity index (χ0v) is 16.1. The molecule has 1 aliphatic heterocycles. The molecule has 1 aliphatic carbocycles. The van der Waals surface area contributed by atoms with Gasteiger partial charge in [0.25, 0.3) is 0 Å². The van der Waals surface area contributed by atoms with Gasteiger partial charge in [-0.2, -0.15) is 11.3 Å². The zero-order chi connectivity index (χ0) is 17.5. The van der Waals surface area contributed by atoms with Crippen molar-refractivity contribution in [1.82, 2.24) is 15.1 Å². The number of urea groups is 1. The van der Waals surface area contributed by atoms with Gasteiger partial charge in [0.15, 0.2) is 0 Å². The molecule has 1 N–H and O–H groups in total. The first kappa shape index (κ1) is 18.7. The number of morpholine rings is 1. The number of carbonyl (C=O) groups is 1. The average molecular weight is 366 g/mol. The summed E-state index contributed by atoms with van der Waals surface area (Å²) in [6.45, 7) is 7.12. The third-order valence-electron chi connectivity index (χ3n) is 5.43. The van der Waals surface area contributed by atoms with E-state index in [0.717, 1.165) is 45.7 Å². The fourth-order valence-electron chi connectivity index (χ4n) is 3.82. The van der Waals surface area contributed by atoms with Gasteiger partial charge in [0.1, 0.15) is 0 Å². The lowest BCUT2D eigenvalue weighted by molar-refractivity contribution is 0.0205. The first-order chi connectivity index (χ1) is 12.2. The molecule has 25 heavy (non-hydrogen) atoms. The molecule has 2 heterocycles. The maximum Gasteiger partial charge on any atom is 0.318 e. The van der Waals surface area contributed by atoms with Crippen LogP contribution in [0.4, 0.5) is 4.79 Å². The van der Waals surface area contributed by atoms with Crippen LogP contribution in [0.2, 0.25) is 0 Å². The van der Waals surface area contributed by atoms with Crippen molar-refractivity contribution in [2.75, 3.05) is 32.8 Å². The van der Waals surface area contributed by atoms with Gasteiger partial charge >= 0.3 is 6.03 Å². The van der Waals surface area contributed by atoms with Crippen LogP contribution >= 0.6 is 11.3 Å². The third-order valence-corrected chi connectivity index (χ3v) is 6.16. The molecule has 2 amide bonds. The van der Waals surface area contributed by atoms with Crippen molar-refractivity contribution in [3.8, 4) is 0 Å². The Kier molecular flexibility index (Phi) is 7.13. The van der Waals surface area contributed by atoms with E-state index in [2.05, 4.69) is 38.9 Å². The molecular formula is C19H31N3O2S. The summed E-state index contributed by atoms with van der Waals surface area (Å²) in [5.41, 5.74) is 1.24. The Labute approximate surface area is 155 Å². The summed E-state index contributed by atoms with van der Waals surface area (Å²) in [5, 5.41) is 7.44. The molecule has 5 nitrogen and oxygen atoms in total. The molecule has 140 valence electrons. The van der Waals surface area contributed by atoms with Crippen LogP contribution in [0.5, 0.6) is 0 Å². The van der Waals surface area contributed by atoms with Gasteiger partial charge in [-0.05, 0) is 42.2 Å². The normalized spacial score (nSPS) is 21.0. The molecule has 6 heteroatoms. The second-order valence-corrected chi connectivity index (χ2v) is 8.01. The Morgan fingerprint density at radius 1 is 1.36 bits per heavy atom. The predicted octanol–water partition coefficient (Wildman–Crippen LogP) is 3.31. The number of nitrogens with zero attached hydrogens (tertiary/aromatic N) is 2. The maximum absolute atomic E-state index is 12.9. The van der Waals surface area contributed by atoms with Gasteiger partial charge in [0.05, 0.1) is 13.2 Å². The van der Waals surface area contributed by atoms with Crippen LogP contribution in [-0.2, 0) is 11.3 Å². The van der Waals surface area contributed by atoms with E-state index in [4.69, 9.17) is 4.74 Å². The molecule has 1 saturated carbocycles. The molecule has 1 atom stereocenters. The third kappa shape index (κ3) is 5.43. The van der Waals surface area contributed by atoms with Gasteiger partial charge in [-0.1, -0.05) is 19.3 Å². The standard InChI is InChI=1S/C19H31N3O2S/c1-16(21-8-10-24-11-9-21)13-20-19(23)22(14-17-7-12-25-15-17)18-5-3-2-4-6-18/h7,12,15-16,18H,2-6,8-11,13-14H2,1H3,(H,20,23)/t16-/m0/s1. The zero-order valence-electron chi connectivity index (χ0n) is 15.3. The lowest BCUT2D eigenvalue weighted by atomic mass is 9.94. The minimum Gasteiger partial charge on any atom is -0.379 e. The van der Waals surface area contributed by atoms with E-state index in [-0.39, 0.29) is 6.03 Å². The summed E-state index contributed by atoms with van der Waals surface area (Å²) in [4.78, 5) is 17.4. The molecule has 0 bridgehead atoms. The monoisotopic (exact) mass is 365 g/mol. The number of ether oxygens (including phenoxy) is 1. The highest BCUT2D eigenvalue weighted by atomic mass is 32.1. The second-order valence-electron chi connectivity index (χ2n) is 7.23. The van der Waals surface area contributed by atoms with Crippen LogP contribution in [0.1, 0.15) is 44.6 Å². The lowest BCUT2D eigenvalue weighted by Crippen LogP contribution is -2.51. The first-order valence-electron chi connectivity index (χ1n) is 9.61. The van der Waals surface area contributed by atoms with Crippen molar-refractivity contribution in [3.05, 3.63) is 22.4 Å². The molecule has 0 aromatic carbocycles. The van der Waals surface area contributed by atoms with Gasteiger partial charge in [-0.3, -0.25) is 4.90 Å². The summed E-state index contributed by atoms with van der Waals surface area (Å²) in [7, 11) is 0. The number of hydrogen-bond acceptors (Lipinski definition) is 4. The van der Waals surface area contributed by atoms with Crippen LogP contribution in [-0.4, -0.2) is 60.8 Å². The highest BCUT2D eigenvalue weighted by Crippen LogP contribution is 2.24. The van der Waals surface area contributed by atoms with Crippen molar-refractivity contribution in [3.63, 3.8) is 0 Å². The van der Waals surface area contributed by atoms with Gasteiger partial charge in [0.2, 0.25) is 0 Å². The van der Waals surface area contributed by atoms with Crippen molar-refractivity contribution in [2.45, 2.75) is 57.7 Å². The molecule has 0 spiro atoms. The van der Waals surface area contributed by atoms with Crippen molar-refractivity contribution < 1.29 is 9.53 Å². The number of nitrogens with one attached hydrogen (secondary N) is 1. The summed E-state index contributed by atoms with van der Waals surface area (Å²) >= 11 is 1.70. The molecular weight excluding hydrogens is 334 g/mol. The molecule has 1 aromatic heterocycles. The van der Waals surface area contributed by atoms with E-state index in [1.807, 2.05) is 0 Å². The van der Waals surface area contributed by atoms with Crippen molar-refractivity contribution in [1.29, 1.82) is 0 Å². The van der Waals surface area contributed by atoms with Crippen LogP contribution in [0.3, 0.4) is 0 Å². The van der Waals surface area contributed by atoms with Gasteiger partial charge in [0, 0.05) is 38.3 Å². The van der Waals surface area contributed by atoms with Crippen LogP contribution in [0, 0.1) is 0 Å². The highest BCUT2D eigenvalue weighted by Gasteiger charge is 2.26. The van der Waals surface area contributed by atoms with Crippen LogP contribution < -0.4 is 5.32 Å². The predicted molar refractivity (Wildman–Crippen MR) is 102 cm³/mol. The topological polar surface area (TPSA) is 44.8 Å². The SMILES string of the molecule is C[C@@H](CNC(=O)N(Cc1ccsc1)C1CCCCC1)N1CCOCC1. The number of carbonyl (C=O) groups excluding carboxylic acids is 1. The molecule has 2 aliphatic rings. The minimum absolute atomic E-state index is 0.0956. The largest absolute Gasteiger partial charge is 0.379 e. The first-order valence-corrected chi connectivity index (χ1v) is 10.6. The molecule has 1 saturated heterocycles. The fraction of sp³-hybridized carbons (Fsp3) is 0.737. The molecule has 2 fully saturated rings. The van der Waals surface area contributed by atoms with E-state index >= 15 is 0 Å². The van der Waals surface area contributed by atoms with Gasteiger partial charge in [-0.25, -0.2) is 4.79 Å².